The van der Waals surface area contributed by atoms with E-state index in [-0.39, 0.29) is 5.54 Å². The molecule has 1 heterocycles. The van der Waals surface area contributed by atoms with Crippen LogP contribution in [0.3, 0.4) is 0 Å². The van der Waals surface area contributed by atoms with Crippen LogP contribution in [0.4, 0.5) is 5.69 Å². The molecule has 7 rings (SSSR count). The fraction of sp³-hybridized carbons (Fsp3) is 0.135. The van der Waals surface area contributed by atoms with Crippen LogP contribution in [-0.2, 0) is 0 Å². The molecule has 190 valence electrons. The minimum absolute atomic E-state index is 0.208. The van der Waals surface area contributed by atoms with E-state index >= 15 is 0 Å². The van der Waals surface area contributed by atoms with Crippen LogP contribution in [0.15, 0.2) is 145 Å². The number of benzene rings is 4. The van der Waals surface area contributed by atoms with Crippen molar-refractivity contribution in [3.05, 3.63) is 156 Å². The Morgan fingerprint density at radius 1 is 0.795 bits per heavy atom. The highest BCUT2D eigenvalue weighted by molar-refractivity contribution is 7.26. The van der Waals surface area contributed by atoms with E-state index in [1.54, 1.807) is 0 Å². The molecule has 2 heteroatoms. The lowest BCUT2D eigenvalue weighted by Crippen LogP contribution is -2.45. The van der Waals surface area contributed by atoms with Crippen LogP contribution in [0, 0.1) is 0 Å². The zero-order chi connectivity index (χ0) is 26.2. The standard InChI is InChI=1S/C37H31NS/c1-37(25-11-14-29(26-37)32-18-10-19-34-33-17-8-9-20-35(33)39-36(32)34)38(30-15-6-3-7-16-30)31-23-21-28(22-24-31)27-12-4-2-5-13-27/h2-21,23-25,28H,22,26H2,1H3. The quantitative estimate of drug-likeness (QED) is 0.222. The van der Waals surface area contributed by atoms with E-state index in [0.29, 0.717) is 5.92 Å². The maximum atomic E-state index is 2.54. The van der Waals surface area contributed by atoms with E-state index in [1.807, 2.05) is 11.3 Å². The van der Waals surface area contributed by atoms with Gasteiger partial charge in [-0.05, 0) is 60.7 Å². The first kappa shape index (κ1) is 23.9. The Bertz CT molecular complexity index is 1770. The molecule has 0 bridgehead atoms. The molecule has 2 atom stereocenters. The molecule has 5 aromatic rings. The van der Waals surface area contributed by atoms with Crippen molar-refractivity contribution in [1.29, 1.82) is 0 Å². The van der Waals surface area contributed by atoms with Crippen LogP contribution in [0.25, 0.3) is 25.7 Å². The summed E-state index contributed by atoms with van der Waals surface area (Å²) >= 11 is 1.91. The molecule has 0 fully saturated rings. The zero-order valence-electron chi connectivity index (χ0n) is 22.1. The van der Waals surface area contributed by atoms with Crippen molar-refractivity contribution in [2.24, 2.45) is 0 Å². The molecular weight excluding hydrogens is 490 g/mol. The number of nitrogens with zero attached hydrogens (tertiary/aromatic N) is 1. The van der Waals surface area contributed by atoms with Gasteiger partial charge in [0.15, 0.2) is 0 Å². The zero-order valence-corrected chi connectivity index (χ0v) is 22.9. The number of hydrogen-bond donors (Lipinski definition) is 0. The summed E-state index contributed by atoms with van der Waals surface area (Å²) < 4.78 is 2.74. The highest BCUT2D eigenvalue weighted by atomic mass is 32.1. The van der Waals surface area contributed by atoms with Crippen LogP contribution in [0.2, 0.25) is 0 Å². The highest BCUT2D eigenvalue weighted by Crippen LogP contribution is 2.44. The number of fused-ring (bicyclic) bond motifs is 3. The summed E-state index contributed by atoms with van der Waals surface area (Å²) in [5.41, 5.74) is 6.40. The Kier molecular flexibility index (Phi) is 6.06. The number of para-hydroxylation sites is 1. The van der Waals surface area contributed by atoms with Gasteiger partial charge in [0.25, 0.3) is 0 Å². The van der Waals surface area contributed by atoms with Gasteiger partial charge in [-0.2, -0.15) is 0 Å². The van der Waals surface area contributed by atoms with E-state index < -0.39 is 0 Å². The summed E-state index contributed by atoms with van der Waals surface area (Å²) in [7, 11) is 0. The summed E-state index contributed by atoms with van der Waals surface area (Å²) in [6, 6.07) is 37.3. The van der Waals surface area contributed by atoms with Crippen LogP contribution in [-0.4, -0.2) is 5.54 Å². The van der Waals surface area contributed by atoms with Crippen molar-refractivity contribution in [1.82, 2.24) is 0 Å². The van der Waals surface area contributed by atoms with Gasteiger partial charge in [-0.15, -0.1) is 11.3 Å². The summed E-state index contributed by atoms with van der Waals surface area (Å²) in [5, 5.41) is 2.71. The monoisotopic (exact) mass is 521 g/mol. The van der Waals surface area contributed by atoms with Gasteiger partial charge in [-0.1, -0.05) is 115 Å². The van der Waals surface area contributed by atoms with Gasteiger partial charge in [0.1, 0.15) is 0 Å². The lowest BCUT2D eigenvalue weighted by Gasteiger charge is -2.44. The van der Waals surface area contributed by atoms with Crippen molar-refractivity contribution in [3.63, 3.8) is 0 Å². The third-order valence-electron chi connectivity index (χ3n) is 8.14. The number of allylic oxidation sites excluding steroid dienone is 5. The van der Waals surface area contributed by atoms with Gasteiger partial charge in [0, 0.05) is 37.5 Å². The van der Waals surface area contributed by atoms with Crippen molar-refractivity contribution in [3.8, 4) is 0 Å². The van der Waals surface area contributed by atoms with Crippen LogP contribution < -0.4 is 4.90 Å². The van der Waals surface area contributed by atoms with Crippen molar-refractivity contribution < 1.29 is 0 Å². The molecule has 0 aliphatic heterocycles. The maximum Gasteiger partial charge on any atom is 0.0648 e. The average Bonchev–Trinajstić information content (AvgIpc) is 3.38. The first-order chi connectivity index (χ1) is 19.2. The summed E-state index contributed by atoms with van der Waals surface area (Å²) in [4.78, 5) is 2.54. The molecule has 2 aliphatic carbocycles. The predicted octanol–water partition coefficient (Wildman–Crippen LogP) is 10.3. The second-order valence-corrected chi connectivity index (χ2v) is 11.8. The topological polar surface area (TPSA) is 3.24 Å². The molecule has 2 aliphatic rings. The maximum absolute atomic E-state index is 2.54. The van der Waals surface area contributed by atoms with Gasteiger partial charge in [0.05, 0.1) is 5.54 Å². The summed E-state index contributed by atoms with van der Waals surface area (Å²) in [6.07, 6.45) is 16.0. The Morgan fingerprint density at radius 3 is 2.33 bits per heavy atom. The highest BCUT2D eigenvalue weighted by Gasteiger charge is 2.35. The van der Waals surface area contributed by atoms with E-state index in [2.05, 4.69) is 151 Å². The minimum Gasteiger partial charge on any atom is -0.332 e. The lowest BCUT2D eigenvalue weighted by atomic mass is 9.82. The summed E-state index contributed by atoms with van der Waals surface area (Å²) in [5.74, 6) is 0.420. The first-order valence-corrected chi connectivity index (χ1v) is 14.6. The van der Waals surface area contributed by atoms with Gasteiger partial charge < -0.3 is 4.90 Å². The van der Waals surface area contributed by atoms with Crippen LogP contribution in [0.1, 0.15) is 36.8 Å². The second-order valence-electron chi connectivity index (χ2n) is 10.8. The molecule has 0 amide bonds. The minimum atomic E-state index is -0.208. The average molecular weight is 522 g/mol. The molecule has 1 aromatic heterocycles. The molecule has 0 saturated carbocycles. The molecule has 39 heavy (non-hydrogen) atoms. The normalized spacial score (nSPS) is 20.7. The molecule has 0 spiro atoms. The molecule has 2 unspecified atom stereocenters. The Labute approximate surface area is 234 Å². The number of rotatable bonds is 5. The second kappa shape index (κ2) is 9.87. The van der Waals surface area contributed by atoms with E-state index in [4.69, 9.17) is 0 Å². The first-order valence-electron chi connectivity index (χ1n) is 13.8. The number of thiophene rings is 1. The van der Waals surface area contributed by atoms with Crippen LogP contribution in [0.5, 0.6) is 0 Å². The fourth-order valence-corrected chi connectivity index (χ4v) is 7.50. The smallest absolute Gasteiger partial charge is 0.0648 e. The SMILES string of the molecule is CC1(N(C2=CCC(c3ccccc3)C=C2)c2ccccc2)C=CC=C(c2cccc3c2sc2ccccc23)C1. The van der Waals surface area contributed by atoms with Gasteiger partial charge in [0.2, 0.25) is 0 Å². The largest absolute Gasteiger partial charge is 0.332 e. The molecule has 0 radical (unpaired) electrons. The van der Waals surface area contributed by atoms with Gasteiger partial charge >= 0.3 is 0 Å². The third-order valence-corrected chi connectivity index (χ3v) is 9.36. The Morgan fingerprint density at radius 2 is 1.54 bits per heavy atom. The molecule has 1 nitrogen and oxygen atoms in total. The Balaban J connectivity index is 1.26. The van der Waals surface area contributed by atoms with Crippen molar-refractivity contribution in [2.75, 3.05) is 4.90 Å². The predicted molar refractivity (Wildman–Crippen MR) is 169 cm³/mol. The van der Waals surface area contributed by atoms with Gasteiger partial charge in [-0.3, -0.25) is 0 Å². The fourth-order valence-electron chi connectivity index (χ4n) is 6.25. The Hall–Kier alpha value is -4.14. The molecular formula is C37H31NS. The van der Waals surface area contributed by atoms with E-state index in [0.717, 1.165) is 12.8 Å². The number of hydrogen-bond acceptors (Lipinski definition) is 2. The van der Waals surface area contributed by atoms with E-state index in [1.165, 1.54) is 48.3 Å². The van der Waals surface area contributed by atoms with Crippen LogP contribution >= 0.6 is 11.3 Å². The van der Waals surface area contributed by atoms with Gasteiger partial charge in [-0.25, -0.2) is 0 Å². The summed E-state index contributed by atoms with van der Waals surface area (Å²) in [6.45, 7) is 2.38. The van der Waals surface area contributed by atoms with E-state index in [9.17, 15) is 0 Å². The van der Waals surface area contributed by atoms with Crippen molar-refractivity contribution >= 4 is 42.8 Å². The number of anilines is 1. The molecule has 0 N–H and O–H groups in total. The molecule has 0 saturated heterocycles. The molecule has 4 aromatic carbocycles. The van der Waals surface area contributed by atoms with Crippen molar-refractivity contribution in [2.45, 2.75) is 31.2 Å². The lowest BCUT2D eigenvalue weighted by molar-refractivity contribution is 0.561. The third kappa shape index (κ3) is 4.35.